The van der Waals surface area contributed by atoms with Crippen molar-refractivity contribution in [2.24, 2.45) is 5.92 Å². The van der Waals surface area contributed by atoms with Crippen LogP contribution in [0.25, 0.3) is 0 Å². The molecule has 3 atom stereocenters. The largest absolute Gasteiger partial charge is 0.416 e. The van der Waals surface area contributed by atoms with Crippen LogP contribution < -0.4 is 4.90 Å². The minimum Gasteiger partial charge on any atom is -0.386 e. The van der Waals surface area contributed by atoms with Crippen molar-refractivity contribution in [2.75, 3.05) is 24.5 Å². The number of piperidine rings is 1. The number of β-amino-alcohol motifs (C(OH)–C–C–N with tert-alkyl or cyclic N) is 1. The number of carbonyl (C=O) groups is 1. The van der Waals surface area contributed by atoms with Crippen molar-refractivity contribution in [1.82, 2.24) is 4.90 Å². The smallest absolute Gasteiger partial charge is 0.386 e. The predicted octanol–water partition coefficient (Wildman–Crippen LogP) is 4.95. The average molecular weight is 441 g/mol. The van der Waals surface area contributed by atoms with E-state index in [1.165, 1.54) is 17.4 Å². The summed E-state index contributed by atoms with van der Waals surface area (Å²) in [6.45, 7) is 5.57. The number of alkyl halides is 3. The second kappa shape index (κ2) is 9.49. The fraction of sp³-hybridized carbons (Fsp3) is 0.500. The molecule has 1 amide bonds. The first-order chi connectivity index (χ1) is 14.2. The molecule has 3 rings (SSSR count). The lowest BCUT2D eigenvalue weighted by molar-refractivity contribution is -0.137. The number of aliphatic hydroxyl groups is 1. The van der Waals surface area contributed by atoms with E-state index in [-0.39, 0.29) is 24.3 Å². The summed E-state index contributed by atoms with van der Waals surface area (Å²) in [7, 11) is 0. The standard InChI is InChI=1S/C22H27F3N2O2S/c1-3-21(29)27(17-7-4-6-16(12-17)22(23,24)25)18-9-10-26(13-15(18)2)14-19(28)20-8-5-11-30-20/h4-8,11-12,15,18-19,28H,3,9-10,13-14H2,1-2H3. The lowest BCUT2D eigenvalue weighted by Crippen LogP contribution is -2.53. The zero-order valence-corrected chi connectivity index (χ0v) is 17.9. The van der Waals surface area contributed by atoms with Gasteiger partial charge in [-0.1, -0.05) is 26.0 Å². The number of hydrogen-bond acceptors (Lipinski definition) is 4. The molecule has 8 heteroatoms. The number of rotatable bonds is 6. The Hall–Kier alpha value is -1.90. The van der Waals surface area contributed by atoms with Crippen LogP contribution in [0.2, 0.25) is 0 Å². The van der Waals surface area contributed by atoms with E-state index in [2.05, 4.69) is 4.90 Å². The number of hydrogen-bond donors (Lipinski definition) is 1. The number of thiophene rings is 1. The highest BCUT2D eigenvalue weighted by Gasteiger charge is 2.36. The Balaban J connectivity index is 1.76. The van der Waals surface area contributed by atoms with Crippen LogP contribution in [-0.2, 0) is 11.0 Å². The quantitative estimate of drug-likeness (QED) is 0.691. The summed E-state index contributed by atoms with van der Waals surface area (Å²) in [6, 6.07) is 8.63. The maximum absolute atomic E-state index is 13.2. The highest BCUT2D eigenvalue weighted by Crippen LogP contribution is 2.34. The van der Waals surface area contributed by atoms with Crippen LogP contribution in [0.3, 0.4) is 0 Å². The molecule has 0 spiro atoms. The number of benzene rings is 1. The maximum Gasteiger partial charge on any atom is 0.416 e. The summed E-state index contributed by atoms with van der Waals surface area (Å²) in [5.74, 6) is -0.127. The van der Waals surface area contributed by atoms with Crippen molar-refractivity contribution in [2.45, 2.75) is 45.0 Å². The fourth-order valence-electron chi connectivity index (χ4n) is 4.11. The van der Waals surface area contributed by atoms with Crippen molar-refractivity contribution in [3.63, 3.8) is 0 Å². The number of carbonyl (C=O) groups excluding carboxylic acids is 1. The van der Waals surface area contributed by atoms with Gasteiger partial charge in [-0.05, 0) is 42.0 Å². The fourth-order valence-corrected chi connectivity index (χ4v) is 4.81. The van der Waals surface area contributed by atoms with E-state index in [0.29, 0.717) is 31.7 Å². The summed E-state index contributed by atoms with van der Waals surface area (Å²) in [5.41, 5.74) is -0.460. The molecule has 2 heterocycles. The molecule has 2 aromatic rings. The van der Waals surface area contributed by atoms with E-state index in [0.717, 1.165) is 17.0 Å². The van der Waals surface area contributed by atoms with Gasteiger partial charge in [-0.2, -0.15) is 13.2 Å². The van der Waals surface area contributed by atoms with E-state index < -0.39 is 17.8 Å². The van der Waals surface area contributed by atoms with E-state index >= 15 is 0 Å². The van der Waals surface area contributed by atoms with Crippen molar-refractivity contribution in [1.29, 1.82) is 0 Å². The molecular weight excluding hydrogens is 413 g/mol. The average Bonchev–Trinajstić information content (AvgIpc) is 3.24. The summed E-state index contributed by atoms with van der Waals surface area (Å²) in [5, 5.41) is 12.4. The van der Waals surface area contributed by atoms with E-state index in [1.807, 2.05) is 24.4 Å². The molecule has 3 unspecified atom stereocenters. The molecule has 1 fully saturated rings. The normalized spacial score (nSPS) is 21.4. The molecular formula is C22H27F3N2O2S. The van der Waals surface area contributed by atoms with Gasteiger partial charge in [-0.15, -0.1) is 11.3 Å². The Morgan fingerprint density at radius 3 is 2.70 bits per heavy atom. The predicted molar refractivity (Wildman–Crippen MR) is 113 cm³/mol. The summed E-state index contributed by atoms with van der Waals surface area (Å²) in [4.78, 5) is 17.3. The first kappa shape index (κ1) is 22.8. The van der Waals surface area contributed by atoms with Crippen molar-refractivity contribution < 1.29 is 23.1 Å². The van der Waals surface area contributed by atoms with Gasteiger partial charge in [0, 0.05) is 42.7 Å². The Kier molecular flexibility index (Phi) is 7.21. The van der Waals surface area contributed by atoms with Gasteiger partial charge in [0.25, 0.3) is 0 Å². The Bertz CT molecular complexity index is 841. The molecule has 1 N–H and O–H groups in total. The van der Waals surface area contributed by atoms with Crippen LogP contribution in [0.15, 0.2) is 41.8 Å². The zero-order valence-electron chi connectivity index (χ0n) is 17.1. The van der Waals surface area contributed by atoms with Gasteiger partial charge in [0.2, 0.25) is 5.91 Å². The van der Waals surface area contributed by atoms with Crippen LogP contribution in [0, 0.1) is 5.92 Å². The second-order valence-electron chi connectivity index (χ2n) is 7.79. The first-order valence-electron chi connectivity index (χ1n) is 10.1. The molecule has 0 bridgehead atoms. The van der Waals surface area contributed by atoms with Crippen molar-refractivity contribution in [3.8, 4) is 0 Å². The highest BCUT2D eigenvalue weighted by atomic mass is 32.1. The summed E-state index contributed by atoms with van der Waals surface area (Å²) >= 11 is 1.51. The van der Waals surface area contributed by atoms with Gasteiger partial charge in [0.1, 0.15) is 6.10 Å². The number of aliphatic hydroxyl groups excluding tert-OH is 1. The second-order valence-corrected chi connectivity index (χ2v) is 8.77. The summed E-state index contributed by atoms with van der Waals surface area (Å²) < 4.78 is 39.6. The molecule has 1 aromatic carbocycles. The monoisotopic (exact) mass is 440 g/mol. The first-order valence-corrected chi connectivity index (χ1v) is 11.0. The Labute approximate surface area is 178 Å². The van der Waals surface area contributed by atoms with Gasteiger partial charge in [-0.25, -0.2) is 0 Å². The van der Waals surface area contributed by atoms with E-state index in [1.54, 1.807) is 17.9 Å². The minimum absolute atomic E-state index is 0.0549. The van der Waals surface area contributed by atoms with Crippen molar-refractivity contribution in [3.05, 3.63) is 52.2 Å². The molecule has 1 aromatic heterocycles. The van der Waals surface area contributed by atoms with E-state index in [9.17, 15) is 23.1 Å². The number of likely N-dealkylation sites (tertiary alicyclic amines) is 1. The SMILES string of the molecule is CCC(=O)N(c1cccc(C(F)(F)F)c1)C1CCN(CC(O)c2cccs2)CC1C. The lowest BCUT2D eigenvalue weighted by Gasteiger charge is -2.43. The lowest BCUT2D eigenvalue weighted by atomic mass is 9.91. The molecule has 1 saturated heterocycles. The molecule has 1 aliphatic rings. The number of anilines is 1. The maximum atomic E-state index is 13.2. The number of amides is 1. The van der Waals surface area contributed by atoms with Gasteiger partial charge in [-0.3, -0.25) is 9.69 Å². The molecule has 0 aliphatic carbocycles. The van der Waals surface area contributed by atoms with Crippen LogP contribution in [0.1, 0.15) is 43.2 Å². The van der Waals surface area contributed by atoms with Crippen LogP contribution in [0.4, 0.5) is 18.9 Å². The number of nitrogens with zero attached hydrogens (tertiary/aromatic N) is 2. The van der Waals surface area contributed by atoms with Crippen LogP contribution in [0.5, 0.6) is 0 Å². The molecule has 164 valence electrons. The molecule has 1 aliphatic heterocycles. The van der Waals surface area contributed by atoms with E-state index in [4.69, 9.17) is 0 Å². The van der Waals surface area contributed by atoms with Crippen LogP contribution >= 0.6 is 11.3 Å². The Morgan fingerprint density at radius 1 is 1.33 bits per heavy atom. The minimum atomic E-state index is -4.45. The topological polar surface area (TPSA) is 43.8 Å². The molecule has 30 heavy (non-hydrogen) atoms. The third kappa shape index (κ3) is 5.22. The summed E-state index contributed by atoms with van der Waals surface area (Å²) in [6.07, 6.45) is -4.16. The molecule has 4 nitrogen and oxygen atoms in total. The van der Waals surface area contributed by atoms with Gasteiger partial charge >= 0.3 is 6.18 Å². The van der Waals surface area contributed by atoms with Crippen LogP contribution in [-0.4, -0.2) is 41.6 Å². The van der Waals surface area contributed by atoms with Crippen molar-refractivity contribution >= 4 is 22.9 Å². The number of halogens is 3. The third-order valence-electron chi connectivity index (χ3n) is 5.60. The van der Waals surface area contributed by atoms with Gasteiger partial charge in [0.05, 0.1) is 5.56 Å². The highest BCUT2D eigenvalue weighted by molar-refractivity contribution is 7.10. The van der Waals surface area contributed by atoms with Gasteiger partial charge < -0.3 is 10.0 Å². The zero-order chi connectivity index (χ0) is 21.9. The Morgan fingerprint density at radius 2 is 2.10 bits per heavy atom. The van der Waals surface area contributed by atoms with Gasteiger partial charge in [0.15, 0.2) is 0 Å². The molecule has 0 saturated carbocycles. The molecule has 0 radical (unpaired) electrons. The third-order valence-corrected chi connectivity index (χ3v) is 6.57.